The van der Waals surface area contributed by atoms with Crippen molar-refractivity contribution in [2.24, 2.45) is 11.3 Å². The van der Waals surface area contributed by atoms with Crippen LogP contribution < -0.4 is 46.9 Å². The summed E-state index contributed by atoms with van der Waals surface area (Å²) in [4.78, 5) is 138. The molecule has 29 heteroatoms. The van der Waals surface area contributed by atoms with Gasteiger partial charge in [-0.2, -0.15) is 0 Å². The highest BCUT2D eigenvalue weighted by molar-refractivity contribution is 5.97. The normalized spacial score (nSPS) is 18.1. The van der Waals surface area contributed by atoms with Gasteiger partial charge in [0, 0.05) is 81.7 Å². The fraction of sp³-hybridized carbons (Fsp3) is 0.531. The molecule has 0 aliphatic carbocycles. The van der Waals surface area contributed by atoms with E-state index in [1.807, 2.05) is 137 Å². The molecular weight excluding hydrogens is 1420 g/mol. The molecule has 4 aromatic carbocycles. The van der Waals surface area contributed by atoms with Crippen LogP contribution in [0.5, 0.6) is 5.75 Å². The predicted molar refractivity (Wildman–Crippen MR) is 413 cm³/mol. The molecule has 0 radical (unpaired) electrons. The van der Waals surface area contributed by atoms with Gasteiger partial charge in [-0.15, -0.1) is 0 Å². The van der Waals surface area contributed by atoms with Crippen molar-refractivity contribution in [3.05, 3.63) is 136 Å². The molecule has 2 aliphatic heterocycles. The van der Waals surface area contributed by atoms with Gasteiger partial charge < -0.3 is 90.9 Å². The Morgan fingerprint density at radius 3 is 2.03 bits per heavy atom. The number of anilines is 2. The predicted octanol–water partition coefficient (Wildman–Crippen LogP) is 7.01. The highest BCUT2D eigenvalue weighted by Crippen LogP contribution is 2.34. The SMILES string of the molecule is CNC(C(=O)NC(C(=O)N(C)C(/C=C(\C)C(=O)O)C(C)C)C(C)(C)C)C(C)(C)c1cccc(NC(=O)OCc2ccc(OC3OC(C(=O)O)C(O)C(O)C3O)c(CNC(=O)CCNC(=O)C(CNC(=O)CCC(C)(C)OCCC(C)(C)OC)NC(=O)CCCCC(=O)N3Cc4ccccc4/C=C\c4ccccc43)c2)c1. The third-order valence-corrected chi connectivity index (χ3v) is 19.7. The first kappa shape index (κ1) is 89.3. The summed E-state index contributed by atoms with van der Waals surface area (Å²) in [6.45, 7) is 21.2. The fourth-order valence-electron chi connectivity index (χ4n) is 12.6. The lowest BCUT2D eigenvalue weighted by Gasteiger charge is -2.40. The number of fused-ring (bicyclic) bond motifs is 2. The molecule has 0 aromatic heterocycles. The van der Waals surface area contributed by atoms with Crippen LogP contribution >= 0.6 is 0 Å². The number of unbranched alkanes of at least 4 members (excludes halogenated alkanes) is 1. The Morgan fingerprint density at radius 2 is 1.36 bits per heavy atom. The number of amides is 8. The van der Waals surface area contributed by atoms with Crippen molar-refractivity contribution >= 4 is 82.9 Å². The molecule has 9 atom stereocenters. The number of hydrogen-bond donors (Lipinski definition) is 12. The lowest BCUT2D eigenvalue weighted by atomic mass is 9.76. The monoisotopic (exact) mass is 1530 g/mol. The zero-order valence-electron chi connectivity index (χ0n) is 65.8. The summed E-state index contributed by atoms with van der Waals surface area (Å²) < 4.78 is 28.6. The van der Waals surface area contributed by atoms with E-state index in [4.69, 9.17) is 23.7 Å². The van der Waals surface area contributed by atoms with Crippen molar-refractivity contribution in [3.63, 3.8) is 0 Å². The summed E-state index contributed by atoms with van der Waals surface area (Å²) in [6.07, 6.45) is -4.02. The van der Waals surface area contributed by atoms with Crippen LogP contribution in [-0.4, -0.2) is 197 Å². The van der Waals surface area contributed by atoms with E-state index < -0.39 is 137 Å². The van der Waals surface area contributed by atoms with Crippen molar-refractivity contribution in [1.29, 1.82) is 0 Å². The summed E-state index contributed by atoms with van der Waals surface area (Å²) in [5, 5.41) is 70.9. The highest BCUT2D eigenvalue weighted by Gasteiger charge is 2.49. The number of benzene rings is 4. The fourth-order valence-corrected chi connectivity index (χ4v) is 12.6. The van der Waals surface area contributed by atoms with E-state index in [1.54, 1.807) is 50.4 Å². The Morgan fingerprint density at radius 1 is 0.700 bits per heavy atom. The number of carbonyl (C=O) groups is 10. The van der Waals surface area contributed by atoms with Crippen molar-refractivity contribution in [2.75, 3.05) is 51.1 Å². The maximum absolute atomic E-state index is 14.4. The first-order chi connectivity index (χ1) is 51.7. The number of carboxylic acids is 2. The van der Waals surface area contributed by atoms with Crippen LogP contribution in [-0.2, 0) is 87.2 Å². The van der Waals surface area contributed by atoms with Crippen LogP contribution in [0.25, 0.3) is 12.2 Å². The molecule has 110 heavy (non-hydrogen) atoms. The number of carbonyl (C=O) groups excluding carboxylic acids is 8. The van der Waals surface area contributed by atoms with E-state index in [9.17, 15) is 73.5 Å². The number of aliphatic hydroxyl groups is 3. The van der Waals surface area contributed by atoms with E-state index in [0.717, 1.165) is 22.4 Å². The van der Waals surface area contributed by atoms with Crippen molar-refractivity contribution in [1.82, 2.24) is 36.8 Å². The number of rotatable bonds is 38. The molecule has 0 saturated carbocycles. The van der Waals surface area contributed by atoms with Gasteiger partial charge in [0.15, 0.2) is 6.10 Å². The molecule has 2 aliphatic rings. The standard InChI is InChI=1S/C81H113N9O20/c1-48(2)59(41-49(3)74(101)102)89(14)73(100)70(78(4,5)6)88-72(99)69(82-13)81(11,12)55-26-22-27-56(43-55)86-77(105)107-47-50-31-34-60(109-76-67(97)65(95)66(96)68(110-76)75(103)104)54(42-50)44-84-62(92)36-39-83-71(98)57(45-85-61(91)35-37-80(9,10)108-40-38-79(7,8)106-15)87-63(93)29-20-21-30-64(94)90-46-53-25-17-16-23-51(53)32-33-52-24-18-19-28-58(52)90/h16-19,22-28,31-34,41-43,48,57,59,65-70,76,82,95-97H,20-21,29-30,35-40,44-47H2,1-15H3,(H,83,98)(H,84,92)(H,85,91)(H,86,105)(H,87,93)(H,88,99)(H,101,102)(H,103,104)/b33-32-,49-41+. The first-order valence-electron chi connectivity index (χ1n) is 37.0. The number of nitrogens with one attached hydrogen (secondary N) is 7. The summed E-state index contributed by atoms with van der Waals surface area (Å²) >= 11 is 0. The molecule has 8 amide bonds. The van der Waals surface area contributed by atoms with Crippen LogP contribution in [0.1, 0.15) is 168 Å². The number of ether oxygens (including phenoxy) is 5. The molecule has 602 valence electrons. The Bertz CT molecular complexity index is 3940. The van der Waals surface area contributed by atoms with Gasteiger partial charge >= 0.3 is 18.0 Å². The number of carboxylic acid groups (broad SMARTS) is 2. The van der Waals surface area contributed by atoms with E-state index in [2.05, 4.69) is 37.2 Å². The third kappa shape index (κ3) is 26.0. The van der Waals surface area contributed by atoms with Crippen LogP contribution in [0.3, 0.4) is 0 Å². The van der Waals surface area contributed by atoms with Gasteiger partial charge in [0.1, 0.15) is 42.8 Å². The quantitative estimate of drug-likeness (QED) is 0.0158. The van der Waals surface area contributed by atoms with Gasteiger partial charge in [-0.05, 0) is 137 Å². The zero-order chi connectivity index (χ0) is 81.6. The van der Waals surface area contributed by atoms with Gasteiger partial charge in [-0.25, -0.2) is 14.4 Å². The van der Waals surface area contributed by atoms with Crippen molar-refractivity contribution in [2.45, 2.75) is 226 Å². The molecule has 4 aromatic rings. The number of aliphatic hydroxyl groups excluding tert-OH is 3. The Labute approximate surface area is 644 Å². The van der Waals surface area contributed by atoms with E-state index in [1.165, 1.54) is 36.1 Å². The topological polar surface area (TPSA) is 409 Å². The minimum absolute atomic E-state index is 0.0184. The van der Waals surface area contributed by atoms with Crippen LogP contribution in [0.2, 0.25) is 0 Å². The maximum Gasteiger partial charge on any atom is 0.411 e. The van der Waals surface area contributed by atoms with E-state index in [-0.39, 0.29) is 86.1 Å². The number of nitrogens with zero attached hydrogens (tertiary/aromatic N) is 2. The third-order valence-electron chi connectivity index (χ3n) is 19.7. The molecule has 1 saturated heterocycles. The highest BCUT2D eigenvalue weighted by atomic mass is 16.7. The lowest BCUT2D eigenvalue weighted by Crippen LogP contribution is -2.61. The minimum Gasteiger partial charge on any atom is -0.479 e. The van der Waals surface area contributed by atoms with E-state index in [0.29, 0.717) is 43.5 Å². The summed E-state index contributed by atoms with van der Waals surface area (Å²) in [6, 6.07) is 22.5. The van der Waals surface area contributed by atoms with Gasteiger partial charge in [0.25, 0.3) is 0 Å². The van der Waals surface area contributed by atoms with Gasteiger partial charge in [0.2, 0.25) is 47.6 Å². The second-order valence-corrected chi connectivity index (χ2v) is 31.0. The number of para-hydroxylation sites is 1. The van der Waals surface area contributed by atoms with Gasteiger partial charge in [-0.3, -0.25) is 38.9 Å². The molecular formula is C81H113N9O20. The van der Waals surface area contributed by atoms with Gasteiger partial charge in [0.05, 0.1) is 42.1 Å². The Balaban J connectivity index is 1.12. The number of likely N-dealkylation sites (N-methyl/N-ethyl adjacent to an activating group) is 2. The summed E-state index contributed by atoms with van der Waals surface area (Å²) in [7, 11) is 4.79. The zero-order valence-corrected chi connectivity index (χ0v) is 65.8. The molecule has 1 fully saturated rings. The van der Waals surface area contributed by atoms with Crippen molar-refractivity contribution < 1.29 is 97.2 Å². The molecule has 2 heterocycles. The molecule has 12 N–H and O–H groups in total. The maximum atomic E-state index is 14.4. The van der Waals surface area contributed by atoms with Gasteiger partial charge in [-0.1, -0.05) is 127 Å². The average Bonchev–Trinajstić information content (AvgIpc) is 0.804. The first-order valence-corrected chi connectivity index (χ1v) is 37.0. The molecule has 29 nitrogen and oxygen atoms in total. The Hall–Kier alpha value is -9.62. The number of methoxy groups -OCH3 is 1. The smallest absolute Gasteiger partial charge is 0.411 e. The van der Waals surface area contributed by atoms with Crippen LogP contribution in [0, 0.1) is 11.3 Å². The molecule has 0 spiro atoms. The number of aliphatic carboxylic acids is 2. The largest absolute Gasteiger partial charge is 0.479 e. The Kier molecular flexibility index (Phi) is 32.8. The average molecular weight is 1530 g/mol. The summed E-state index contributed by atoms with van der Waals surface area (Å²) in [5.74, 6) is -6.44. The summed E-state index contributed by atoms with van der Waals surface area (Å²) in [5.41, 5.74) is 2.11. The molecule has 6 rings (SSSR count). The second kappa shape index (κ2) is 40.4. The molecule has 9 unspecified atom stereocenters. The second-order valence-electron chi connectivity index (χ2n) is 31.0. The lowest BCUT2D eigenvalue weighted by molar-refractivity contribution is -0.271. The van der Waals surface area contributed by atoms with E-state index >= 15 is 0 Å². The van der Waals surface area contributed by atoms with Crippen LogP contribution in [0.15, 0.2) is 103 Å². The minimum atomic E-state index is -2.04. The number of hydrogen-bond acceptors (Lipinski definition) is 19. The van der Waals surface area contributed by atoms with Crippen molar-refractivity contribution in [3.8, 4) is 5.75 Å². The molecule has 0 bridgehead atoms. The van der Waals surface area contributed by atoms with Crippen LogP contribution in [0.4, 0.5) is 16.2 Å².